The number of halogens is 1. The lowest BCUT2D eigenvalue weighted by Gasteiger charge is -2.40. The summed E-state index contributed by atoms with van der Waals surface area (Å²) >= 11 is 0. The van der Waals surface area contributed by atoms with Crippen molar-refractivity contribution < 1.29 is 9.50 Å². The molecule has 0 aliphatic heterocycles. The first-order valence-electron chi connectivity index (χ1n) is 10.2. The van der Waals surface area contributed by atoms with E-state index in [9.17, 15) is 9.50 Å². The topological polar surface area (TPSA) is 28.4 Å². The Bertz CT molecular complexity index is 701. The zero-order valence-electron chi connectivity index (χ0n) is 16.7. The van der Waals surface area contributed by atoms with E-state index in [1.165, 1.54) is 49.9 Å². The van der Waals surface area contributed by atoms with Gasteiger partial charge in [-0.15, -0.1) is 0 Å². The summed E-state index contributed by atoms with van der Waals surface area (Å²) in [5.41, 5.74) is 2.08. The first-order chi connectivity index (χ1) is 13.0. The Morgan fingerprint density at radius 1 is 1.11 bits per heavy atom. The van der Waals surface area contributed by atoms with Crippen LogP contribution in [-0.4, -0.2) is 33.3 Å². The number of aromatic nitrogens is 1. The largest absolute Gasteiger partial charge is 0.394 e. The van der Waals surface area contributed by atoms with Gasteiger partial charge in [0.2, 0.25) is 0 Å². The molecule has 0 radical (unpaired) electrons. The van der Waals surface area contributed by atoms with E-state index in [1.807, 2.05) is 12.1 Å². The number of rotatable bonds is 8. The van der Waals surface area contributed by atoms with Crippen molar-refractivity contribution in [2.24, 2.45) is 5.92 Å². The molecule has 1 aliphatic carbocycles. The number of aliphatic hydroxyl groups excluding tert-OH is 1. The van der Waals surface area contributed by atoms with Gasteiger partial charge < -0.3 is 9.67 Å². The Labute approximate surface area is 162 Å². The van der Waals surface area contributed by atoms with E-state index in [0.29, 0.717) is 0 Å². The van der Waals surface area contributed by atoms with E-state index in [-0.39, 0.29) is 18.0 Å². The van der Waals surface area contributed by atoms with Crippen LogP contribution < -0.4 is 0 Å². The van der Waals surface area contributed by atoms with Crippen LogP contribution in [0.15, 0.2) is 42.6 Å². The summed E-state index contributed by atoms with van der Waals surface area (Å²) < 4.78 is 15.4. The van der Waals surface area contributed by atoms with Gasteiger partial charge in [-0.1, -0.05) is 31.4 Å². The summed E-state index contributed by atoms with van der Waals surface area (Å²) in [4.78, 5) is 2.44. The molecule has 0 amide bonds. The molecule has 3 nitrogen and oxygen atoms in total. The normalized spacial score (nSPS) is 16.2. The van der Waals surface area contributed by atoms with Crippen LogP contribution in [0.25, 0.3) is 0 Å². The zero-order chi connectivity index (χ0) is 19.3. The van der Waals surface area contributed by atoms with Crippen molar-refractivity contribution in [2.75, 3.05) is 13.2 Å². The Morgan fingerprint density at radius 2 is 1.81 bits per heavy atom. The Balaban J connectivity index is 1.73. The second-order valence-electron chi connectivity index (χ2n) is 8.61. The van der Waals surface area contributed by atoms with Gasteiger partial charge in [-0.3, -0.25) is 4.90 Å². The fraction of sp³-hybridized carbons (Fsp3) is 0.565. The number of benzene rings is 1. The molecule has 1 aromatic heterocycles. The molecule has 0 atom stereocenters. The molecule has 1 heterocycles. The molecule has 4 heteroatoms. The molecule has 148 valence electrons. The van der Waals surface area contributed by atoms with Gasteiger partial charge >= 0.3 is 0 Å². The quantitative estimate of drug-likeness (QED) is 0.719. The van der Waals surface area contributed by atoms with Gasteiger partial charge in [-0.2, -0.15) is 0 Å². The molecular weight excluding hydrogens is 339 g/mol. The third-order valence-corrected chi connectivity index (χ3v) is 5.99. The van der Waals surface area contributed by atoms with Crippen LogP contribution in [-0.2, 0) is 13.1 Å². The minimum Gasteiger partial charge on any atom is -0.394 e. The van der Waals surface area contributed by atoms with Crippen LogP contribution in [0.1, 0.15) is 57.2 Å². The van der Waals surface area contributed by atoms with E-state index in [2.05, 4.69) is 41.6 Å². The maximum Gasteiger partial charge on any atom is 0.123 e. The van der Waals surface area contributed by atoms with E-state index < -0.39 is 0 Å². The minimum atomic E-state index is -0.248. The molecule has 0 spiro atoms. The highest BCUT2D eigenvalue weighted by molar-refractivity contribution is 5.18. The summed E-state index contributed by atoms with van der Waals surface area (Å²) in [6.07, 6.45) is 8.71. The van der Waals surface area contributed by atoms with Crippen LogP contribution in [0.4, 0.5) is 4.39 Å². The third-order valence-electron chi connectivity index (χ3n) is 5.99. The van der Waals surface area contributed by atoms with Gasteiger partial charge in [0.25, 0.3) is 0 Å². The van der Waals surface area contributed by atoms with Crippen LogP contribution in [0, 0.1) is 11.7 Å². The first kappa shape index (κ1) is 20.1. The molecule has 1 aliphatic rings. The third kappa shape index (κ3) is 5.43. The van der Waals surface area contributed by atoms with Crippen molar-refractivity contribution in [2.45, 2.75) is 64.6 Å². The molecule has 2 aromatic rings. The summed E-state index contributed by atoms with van der Waals surface area (Å²) in [7, 11) is 0. The van der Waals surface area contributed by atoms with Gasteiger partial charge in [0.1, 0.15) is 5.82 Å². The fourth-order valence-corrected chi connectivity index (χ4v) is 4.04. The predicted octanol–water partition coefficient (Wildman–Crippen LogP) is 4.83. The molecule has 0 bridgehead atoms. The maximum atomic E-state index is 13.2. The van der Waals surface area contributed by atoms with Gasteiger partial charge in [0, 0.05) is 37.1 Å². The lowest BCUT2D eigenvalue weighted by Crippen LogP contribution is -2.48. The number of hydrogen-bond donors (Lipinski definition) is 1. The SMILES string of the molecule is CC(C)(CO)N(Cc1cccn1Cc1ccc(F)cc1)CC1CCCCC1. The van der Waals surface area contributed by atoms with Crippen LogP contribution in [0.3, 0.4) is 0 Å². The van der Waals surface area contributed by atoms with Crippen molar-refractivity contribution in [1.82, 2.24) is 9.47 Å². The maximum absolute atomic E-state index is 13.2. The molecular formula is C23H33FN2O. The van der Waals surface area contributed by atoms with Crippen LogP contribution in [0.2, 0.25) is 0 Å². The van der Waals surface area contributed by atoms with Crippen molar-refractivity contribution in [3.8, 4) is 0 Å². The average Bonchev–Trinajstić information content (AvgIpc) is 3.10. The molecule has 3 rings (SSSR count). The van der Waals surface area contributed by atoms with E-state index in [1.54, 1.807) is 0 Å². The second-order valence-corrected chi connectivity index (χ2v) is 8.61. The molecule has 1 saturated carbocycles. The number of hydrogen-bond acceptors (Lipinski definition) is 2. The highest BCUT2D eigenvalue weighted by atomic mass is 19.1. The standard InChI is InChI=1S/C23H33FN2O/c1-23(2,18-27)26(16-19-7-4-3-5-8-19)17-22-9-6-14-25(22)15-20-10-12-21(24)13-11-20/h6,9-14,19,27H,3-5,7-8,15-18H2,1-2H3. The summed E-state index contributed by atoms with van der Waals surface area (Å²) in [5, 5.41) is 9.97. The highest BCUT2D eigenvalue weighted by Crippen LogP contribution is 2.28. The fourth-order valence-electron chi connectivity index (χ4n) is 4.04. The molecule has 1 fully saturated rings. The van der Waals surface area contributed by atoms with Crippen molar-refractivity contribution in [3.63, 3.8) is 0 Å². The molecule has 0 saturated heterocycles. The lowest BCUT2D eigenvalue weighted by atomic mass is 9.87. The molecule has 27 heavy (non-hydrogen) atoms. The van der Waals surface area contributed by atoms with Crippen LogP contribution >= 0.6 is 0 Å². The first-order valence-corrected chi connectivity index (χ1v) is 10.2. The van der Waals surface area contributed by atoms with E-state index in [0.717, 1.165) is 31.1 Å². The summed E-state index contributed by atoms with van der Waals surface area (Å²) in [6.45, 7) is 7.00. The molecule has 0 unspecified atom stereocenters. The Kier molecular flexibility index (Phi) is 6.72. The Morgan fingerprint density at radius 3 is 2.48 bits per heavy atom. The summed E-state index contributed by atoms with van der Waals surface area (Å²) in [6, 6.07) is 11.0. The highest BCUT2D eigenvalue weighted by Gasteiger charge is 2.29. The van der Waals surface area contributed by atoms with Gasteiger partial charge in [-0.25, -0.2) is 4.39 Å². The van der Waals surface area contributed by atoms with E-state index >= 15 is 0 Å². The second kappa shape index (κ2) is 9.03. The smallest absolute Gasteiger partial charge is 0.123 e. The average molecular weight is 373 g/mol. The zero-order valence-corrected chi connectivity index (χ0v) is 16.7. The number of aliphatic hydroxyl groups is 1. The van der Waals surface area contributed by atoms with E-state index in [4.69, 9.17) is 0 Å². The Hall–Kier alpha value is -1.65. The van der Waals surface area contributed by atoms with Crippen molar-refractivity contribution >= 4 is 0 Å². The van der Waals surface area contributed by atoms with Gasteiger partial charge in [-0.05, 0) is 62.4 Å². The minimum absolute atomic E-state index is 0.151. The molecule has 1 N–H and O–H groups in total. The van der Waals surface area contributed by atoms with Gasteiger partial charge in [0.05, 0.1) is 6.61 Å². The summed E-state index contributed by atoms with van der Waals surface area (Å²) in [5.74, 6) is 0.528. The predicted molar refractivity (Wildman–Crippen MR) is 108 cm³/mol. The molecule has 1 aromatic carbocycles. The van der Waals surface area contributed by atoms with Crippen LogP contribution in [0.5, 0.6) is 0 Å². The van der Waals surface area contributed by atoms with Crippen molar-refractivity contribution in [3.05, 3.63) is 59.7 Å². The van der Waals surface area contributed by atoms with Crippen molar-refractivity contribution in [1.29, 1.82) is 0 Å². The monoisotopic (exact) mass is 372 g/mol. The number of nitrogens with zero attached hydrogens (tertiary/aromatic N) is 2. The lowest BCUT2D eigenvalue weighted by molar-refractivity contribution is 0.0311. The van der Waals surface area contributed by atoms with Gasteiger partial charge in [0.15, 0.2) is 0 Å².